The van der Waals surface area contributed by atoms with Crippen LogP contribution in [0, 0.1) is 0 Å². The highest BCUT2D eigenvalue weighted by molar-refractivity contribution is 6.30. The molecular weight excluding hydrogens is 260 g/mol. The average Bonchev–Trinajstić information content (AvgIpc) is 3.21. The van der Waals surface area contributed by atoms with Gasteiger partial charge in [0, 0.05) is 10.6 Å². The van der Waals surface area contributed by atoms with Crippen LogP contribution in [0.2, 0.25) is 5.02 Å². The van der Waals surface area contributed by atoms with Crippen LogP contribution < -0.4 is 4.74 Å². The van der Waals surface area contributed by atoms with Crippen LogP contribution >= 0.6 is 11.6 Å². The van der Waals surface area contributed by atoms with Crippen molar-refractivity contribution in [3.63, 3.8) is 0 Å². The molecule has 1 aliphatic rings. The smallest absolute Gasteiger partial charge is 0.206 e. The van der Waals surface area contributed by atoms with Crippen LogP contribution in [0.15, 0.2) is 54.6 Å². The Hall–Kier alpha value is -1.80. The highest BCUT2D eigenvalue weighted by atomic mass is 35.5. The lowest BCUT2D eigenvalue weighted by molar-refractivity contribution is 0.0746. The van der Waals surface area contributed by atoms with E-state index < -0.39 is 5.60 Å². The highest BCUT2D eigenvalue weighted by Crippen LogP contribution is 2.43. The zero-order chi connectivity index (χ0) is 13.3. The first-order valence-electron chi connectivity index (χ1n) is 6.24. The normalized spacial score (nSPS) is 15.8. The van der Waals surface area contributed by atoms with Gasteiger partial charge in [0.05, 0.1) is 0 Å². The van der Waals surface area contributed by atoms with Crippen LogP contribution in [0.3, 0.4) is 0 Å². The Morgan fingerprint density at radius 1 is 1.00 bits per heavy atom. The number of carbonyl (C=O) groups is 1. The maximum absolute atomic E-state index is 12.5. The molecule has 0 aliphatic heterocycles. The third-order valence-corrected chi connectivity index (χ3v) is 3.53. The molecule has 2 aromatic carbocycles. The number of rotatable bonds is 4. The van der Waals surface area contributed by atoms with Gasteiger partial charge in [0.15, 0.2) is 5.60 Å². The van der Waals surface area contributed by atoms with E-state index in [1.807, 2.05) is 30.3 Å². The highest BCUT2D eigenvalue weighted by Gasteiger charge is 2.52. The van der Waals surface area contributed by atoms with Crippen molar-refractivity contribution >= 4 is 17.4 Å². The van der Waals surface area contributed by atoms with Crippen LogP contribution in [0.25, 0.3) is 0 Å². The molecule has 0 N–H and O–H groups in total. The monoisotopic (exact) mass is 272 g/mol. The predicted octanol–water partition coefficient (Wildman–Crippen LogP) is 4.13. The largest absolute Gasteiger partial charge is 0.479 e. The van der Waals surface area contributed by atoms with Crippen molar-refractivity contribution < 1.29 is 9.53 Å². The lowest BCUT2D eigenvalue weighted by atomic mass is 10.0. The minimum absolute atomic E-state index is 0.0352. The van der Waals surface area contributed by atoms with Crippen molar-refractivity contribution in [2.24, 2.45) is 0 Å². The van der Waals surface area contributed by atoms with Gasteiger partial charge >= 0.3 is 0 Å². The summed E-state index contributed by atoms with van der Waals surface area (Å²) in [7, 11) is 0. The lowest BCUT2D eigenvalue weighted by Crippen LogP contribution is -2.29. The molecule has 0 atom stereocenters. The van der Waals surface area contributed by atoms with Crippen molar-refractivity contribution in [1.82, 2.24) is 0 Å². The molecule has 3 rings (SSSR count). The average molecular weight is 273 g/mol. The molecule has 2 aromatic rings. The van der Waals surface area contributed by atoms with E-state index in [1.54, 1.807) is 24.3 Å². The lowest BCUT2D eigenvalue weighted by Gasteiger charge is -2.17. The second-order valence-corrected chi connectivity index (χ2v) is 5.18. The van der Waals surface area contributed by atoms with E-state index >= 15 is 0 Å². The number of Topliss-reactive ketones (excluding diaryl/α,β-unsaturated/α-hetero) is 1. The summed E-state index contributed by atoms with van der Waals surface area (Å²) in [6, 6.07) is 16.4. The molecule has 0 radical (unpaired) electrons. The summed E-state index contributed by atoms with van der Waals surface area (Å²) in [6.45, 7) is 0. The number of carbonyl (C=O) groups excluding carboxylic acids is 1. The number of ether oxygens (including phenoxy) is 1. The van der Waals surface area contributed by atoms with Gasteiger partial charge in [-0.25, -0.2) is 0 Å². The first-order chi connectivity index (χ1) is 9.20. The molecule has 0 spiro atoms. The molecule has 0 amide bonds. The van der Waals surface area contributed by atoms with E-state index in [-0.39, 0.29) is 5.78 Å². The molecule has 0 saturated heterocycles. The van der Waals surface area contributed by atoms with Crippen molar-refractivity contribution in [3.05, 3.63) is 65.2 Å². The number of hydrogen-bond acceptors (Lipinski definition) is 2. The van der Waals surface area contributed by atoms with Gasteiger partial charge in [-0.3, -0.25) is 4.79 Å². The zero-order valence-corrected chi connectivity index (χ0v) is 11.1. The molecule has 1 saturated carbocycles. The molecule has 0 bridgehead atoms. The minimum atomic E-state index is -0.671. The first-order valence-corrected chi connectivity index (χ1v) is 6.62. The summed E-state index contributed by atoms with van der Waals surface area (Å²) >= 11 is 5.83. The van der Waals surface area contributed by atoms with Crippen LogP contribution in [0.4, 0.5) is 0 Å². The summed E-state index contributed by atoms with van der Waals surface area (Å²) in [4.78, 5) is 12.5. The number of halogens is 1. The Bertz CT molecular complexity index is 586. The number of para-hydroxylation sites is 1. The Labute approximate surface area is 117 Å². The number of ketones is 1. The maximum atomic E-state index is 12.5. The molecule has 0 unspecified atom stereocenters. The summed E-state index contributed by atoms with van der Waals surface area (Å²) in [6.07, 6.45) is 1.53. The molecule has 0 heterocycles. The summed E-state index contributed by atoms with van der Waals surface area (Å²) in [5.74, 6) is 0.773. The molecule has 96 valence electrons. The second-order valence-electron chi connectivity index (χ2n) is 4.75. The van der Waals surface area contributed by atoms with E-state index in [9.17, 15) is 4.79 Å². The molecule has 1 aliphatic carbocycles. The van der Waals surface area contributed by atoms with Gasteiger partial charge < -0.3 is 4.74 Å². The Morgan fingerprint density at radius 2 is 1.63 bits per heavy atom. The van der Waals surface area contributed by atoms with Crippen molar-refractivity contribution in [3.8, 4) is 5.75 Å². The van der Waals surface area contributed by atoms with E-state index in [2.05, 4.69) is 0 Å². The fraction of sp³-hybridized carbons (Fsp3) is 0.188. The predicted molar refractivity (Wildman–Crippen MR) is 74.8 cm³/mol. The zero-order valence-electron chi connectivity index (χ0n) is 10.3. The van der Waals surface area contributed by atoms with Crippen molar-refractivity contribution in [2.75, 3.05) is 0 Å². The fourth-order valence-corrected chi connectivity index (χ4v) is 2.19. The number of benzene rings is 2. The van der Waals surface area contributed by atoms with Gasteiger partial charge in [0.25, 0.3) is 0 Å². The Balaban J connectivity index is 1.81. The molecule has 19 heavy (non-hydrogen) atoms. The van der Waals surface area contributed by atoms with Crippen molar-refractivity contribution in [2.45, 2.75) is 18.4 Å². The number of hydrogen-bond donors (Lipinski definition) is 0. The first kappa shape index (κ1) is 12.2. The van der Waals surface area contributed by atoms with E-state index in [4.69, 9.17) is 16.3 Å². The van der Waals surface area contributed by atoms with Gasteiger partial charge in [0.2, 0.25) is 5.78 Å². The SMILES string of the molecule is O=C(c1ccc(Cl)cc1)C1(Oc2ccccc2)CC1. The Kier molecular flexibility index (Phi) is 3.03. The quantitative estimate of drug-likeness (QED) is 0.782. The summed E-state index contributed by atoms with van der Waals surface area (Å²) in [5, 5.41) is 0.630. The van der Waals surface area contributed by atoms with Gasteiger partial charge in [-0.2, -0.15) is 0 Å². The van der Waals surface area contributed by atoms with Crippen LogP contribution in [-0.2, 0) is 0 Å². The van der Waals surface area contributed by atoms with Crippen LogP contribution in [0.5, 0.6) is 5.75 Å². The molecule has 2 nitrogen and oxygen atoms in total. The summed E-state index contributed by atoms with van der Waals surface area (Å²) < 4.78 is 5.88. The van der Waals surface area contributed by atoms with E-state index in [0.29, 0.717) is 10.6 Å². The molecule has 3 heteroatoms. The summed E-state index contributed by atoms with van der Waals surface area (Å²) in [5.41, 5.74) is -0.0207. The van der Waals surface area contributed by atoms with Gasteiger partial charge in [-0.1, -0.05) is 29.8 Å². The van der Waals surface area contributed by atoms with Crippen LogP contribution in [0.1, 0.15) is 23.2 Å². The van der Waals surface area contributed by atoms with Gasteiger partial charge in [-0.05, 0) is 49.2 Å². The van der Waals surface area contributed by atoms with Gasteiger partial charge in [-0.15, -0.1) is 0 Å². The third kappa shape index (κ3) is 2.49. The van der Waals surface area contributed by atoms with E-state index in [1.165, 1.54) is 0 Å². The minimum Gasteiger partial charge on any atom is -0.479 e. The van der Waals surface area contributed by atoms with Gasteiger partial charge in [0.1, 0.15) is 5.75 Å². The molecule has 0 aromatic heterocycles. The van der Waals surface area contributed by atoms with E-state index in [0.717, 1.165) is 18.6 Å². The molecule has 1 fully saturated rings. The standard InChI is InChI=1S/C16H13ClO2/c17-13-8-6-12(7-9-13)15(18)16(10-11-16)19-14-4-2-1-3-5-14/h1-9H,10-11H2. The van der Waals surface area contributed by atoms with Crippen LogP contribution in [-0.4, -0.2) is 11.4 Å². The fourth-order valence-electron chi connectivity index (χ4n) is 2.07. The third-order valence-electron chi connectivity index (χ3n) is 3.28. The second kappa shape index (κ2) is 4.71. The molecular formula is C16H13ClO2. The van der Waals surface area contributed by atoms with Crippen molar-refractivity contribution in [1.29, 1.82) is 0 Å². The maximum Gasteiger partial charge on any atom is 0.206 e. The topological polar surface area (TPSA) is 26.3 Å². The Morgan fingerprint density at radius 3 is 2.21 bits per heavy atom.